The van der Waals surface area contributed by atoms with Crippen LogP contribution in [0.4, 0.5) is 5.69 Å². The summed E-state index contributed by atoms with van der Waals surface area (Å²) in [7, 11) is 0. The van der Waals surface area contributed by atoms with Crippen molar-refractivity contribution < 1.29 is 4.79 Å². The molecule has 1 aromatic carbocycles. The number of rotatable bonds is 7. The van der Waals surface area contributed by atoms with Gasteiger partial charge in [0.05, 0.1) is 12.1 Å². The molecule has 1 aromatic heterocycles. The zero-order chi connectivity index (χ0) is 15.1. The Morgan fingerprint density at radius 3 is 2.90 bits per heavy atom. The fourth-order valence-corrected chi connectivity index (χ4v) is 2.07. The second-order valence-corrected chi connectivity index (χ2v) is 5.00. The van der Waals surface area contributed by atoms with Crippen LogP contribution >= 0.6 is 0 Å². The van der Waals surface area contributed by atoms with Gasteiger partial charge in [-0.05, 0) is 31.5 Å². The first-order chi connectivity index (χ1) is 10.2. The average Bonchev–Trinajstić information content (AvgIpc) is 2.99. The summed E-state index contributed by atoms with van der Waals surface area (Å²) in [4.78, 5) is 12.3. The summed E-state index contributed by atoms with van der Waals surface area (Å²) in [6, 6.07) is 7.77. The van der Waals surface area contributed by atoms with Gasteiger partial charge in [-0.2, -0.15) is 5.10 Å². The van der Waals surface area contributed by atoms with E-state index in [2.05, 4.69) is 22.7 Å². The molecule has 0 saturated heterocycles. The molecule has 0 aliphatic carbocycles. The highest BCUT2D eigenvalue weighted by molar-refractivity contribution is 5.99. The van der Waals surface area contributed by atoms with Gasteiger partial charge in [-0.15, -0.1) is 0 Å². The number of hydrogen-bond acceptors (Lipinski definition) is 3. The molecule has 0 bridgehead atoms. The molecular formula is C16H22N4O. The minimum Gasteiger partial charge on any atom is -0.384 e. The first-order valence-electron chi connectivity index (χ1n) is 7.31. The summed E-state index contributed by atoms with van der Waals surface area (Å²) in [5, 5.41) is 10.3. The Balaban J connectivity index is 1.98. The third-order valence-corrected chi connectivity index (χ3v) is 3.17. The number of anilines is 1. The van der Waals surface area contributed by atoms with E-state index in [9.17, 15) is 4.79 Å². The Bertz CT molecular complexity index is 578. The van der Waals surface area contributed by atoms with Crippen molar-refractivity contribution in [1.82, 2.24) is 15.1 Å². The van der Waals surface area contributed by atoms with Gasteiger partial charge in [-0.25, -0.2) is 0 Å². The van der Waals surface area contributed by atoms with Crippen LogP contribution in [0, 0.1) is 6.92 Å². The van der Waals surface area contributed by atoms with Crippen molar-refractivity contribution in [3.05, 3.63) is 47.8 Å². The van der Waals surface area contributed by atoms with Crippen LogP contribution < -0.4 is 10.6 Å². The number of hydrogen-bond donors (Lipinski definition) is 2. The molecule has 2 aromatic rings. The van der Waals surface area contributed by atoms with Crippen molar-refractivity contribution in [1.29, 1.82) is 0 Å². The van der Waals surface area contributed by atoms with E-state index in [1.54, 1.807) is 10.9 Å². The van der Waals surface area contributed by atoms with Gasteiger partial charge in [0.1, 0.15) is 0 Å². The summed E-state index contributed by atoms with van der Waals surface area (Å²) in [6.07, 6.45) is 4.64. The Hall–Kier alpha value is -2.30. The molecule has 2 rings (SSSR count). The Labute approximate surface area is 125 Å². The van der Waals surface area contributed by atoms with Crippen LogP contribution in [0.1, 0.15) is 29.3 Å². The summed E-state index contributed by atoms with van der Waals surface area (Å²) in [5.41, 5.74) is 2.66. The fraction of sp³-hybridized carbons (Fsp3) is 0.375. The van der Waals surface area contributed by atoms with Gasteiger partial charge in [-0.3, -0.25) is 9.48 Å². The number of amides is 1. The summed E-state index contributed by atoms with van der Waals surface area (Å²) < 4.78 is 1.80. The van der Waals surface area contributed by atoms with Crippen LogP contribution in [0.25, 0.3) is 0 Å². The van der Waals surface area contributed by atoms with Gasteiger partial charge in [0.15, 0.2) is 0 Å². The summed E-state index contributed by atoms with van der Waals surface area (Å²) in [5.74, 6) is -0.0514. The number of nitrogens with zero attached hydrogens (tertiary/aromatic N) is 2. The Kier molecular flexibility index (Phi) is 5.37. The molecular weight excluding hydrogens is 264 g/mol. The van der Waals surface area contributed by atoms with Crippen molar-refractivity contribution in [3.63, 3.8) is 0 Å². The number of aromatic nitrogens is 2. The van der Waals surface area contributed by atoms with Crippen molar-refractivity contribution in [2.24, 2.45) is 0 Å². The Morgan fingerprint density at radius 1 is 1.33 bits per heavy atom. The smallest absolute Gasteiger partial charge is 0.253 e. The summed E-state index contributed by atoms with van der Waals surface area (Å²) >= 11 is 0. The third kappa shape index (κ3) is 4.34. The van der Waals surface area contributed by atoms with Crippen molar-refractivity contribution in [2.75, 3.05) is 18.4 Å². The number of carbonyl (C=O) groups is 1. The van der Waals surface area contributed by atoms with Crippen LogP contribution in [-0.4, -0.2) is 28.8 Å². The first kappa shape index (κ1) is 15.1. The van der Waals surface area contributed by atoms with Crippen molar-refractivity contribution in [3.8, 4) is 0 Å². The minimum atomic E-state index is -0.0514. The SMILES string of the molecule is CCCNc1ccc(C)cc1C(=O)NCCn1cccn1. The molecule has 0 aliphatic rings. The number of aryl methyl sites for hydroxylation is 1. The Morgan fingerprint density at radius 2 is 2.19 bits per heavy atom. The topological polar surface area (TPSA) is 59.0 Å². The van der Waals surface area contributed by atoms with Gasteiger partial charge in [0.2, 0.25) is 0 Å². The highest BCUT2D eigenvalue weighted by Crippen LogP contribution is 2.17. The highest BCUT2D eigenvalue weighted by atomic mass is 16.1. The second-order valence-electron chi connectivity index (χ2n) is 5.00. The van der Waals surface area contributed by atoms with Gasteiger partial charge in [0, 0.05) is 31.2 Å². The molecule has 0 fully saturated rings. The highest BCUT2D eigenvalue weighted by Gasteiger charge is 2.11. The molecule has 0 spiro atoms. The molecule has 5 heteroatoms. The molecule has 0 unspecified atom stereocenters. The minimum absolute atomic E-state index is 0.0514. The van der Waals surface area contributed by atoms with E-state index in [4.69, 9.17) is 0 Å². The maximum Gasteiger partial charge on any atom is 0.253 e. The molecule has 21 heavy (non-hydrogen) atoms. The van der Waals surface area contributed by atoms with Gasteiger partial charge < -0.3 is 10.6 Å². The van der Waals surface area contributed by atoms with E-state index < -0.39 is 0 Å². The van der Waals surface area contributed by atoms with E-state index in [1.165, 1.54) is 0 Å². The first-order valence-corrected chi connectivity index (χ1v) is 7.31. The molecule has 2 N–H and O–H groups in total. The van der Waals surface area contributed by atoms with Crippen molar-refractivity contribution in [2.45, 2.75) is 26.8 Å². The van der Waals surface area contributed by atoms with Crippen LogP contribution in [0.2, 0.25) is 0 Å². The maximum atomic E-state index is 12.3. The average molecular weight is 286 g/mol. The standard InChI is InChI=1S/C16H22N4O/c1-3-7-17-15-6-5-13(2)12-14(15)16(21)18-9-11-20-10-4-8-19-20/h4-6,8,10,12,17H,3,7,9,11H2,1-2H3,(H,18,21). The fourth-order valence-electron chi connectivity index (χ4n) is 2.07. The number of carbonyl (C=O) groups excluding carboxylic acids is 1. The molecule has 1 amide bonds. The second kappa shape index (κ2) is 7.47. The quantitative estimate of drug-likeness (QED) is 0.822. The predicted octanol–water partition coefficient (Wildman–Crippen LogP) is 2.44. The van der Waals surface area contributed by atoms with Gasteiger partial charge in [-0.1, -0.05) is 18.6 Å². The molecule has 0 atom stereocenters. The van der Waals surface area contributed by atoms with E-state index in [-0.39, 0.29) is 5.91 Å². The summed E-state index contributed by atoms with van der Waals surface area (Å²) in [6.45, 7) is 6.18. The lowest BCUT2D eigenvalue weighted by molar-refractivity contribution is 0.0952. The number of benzene rings is 1. The van der Waals surface area contributed by atoms with Gasteiger partial charge >= 0.3 is 0 Å². The zero-order valence-corrected chi connectivity index (χ0v) is 12.6. The van der Waals surface area contributed by atoms with E-state index in [1.807, 2.05) is 37.4 Å². The predicted molar refractivity (Wildman–Crippen MR) is 84.5 cm³/mol. The van der Waals surface area contributed by atoms with E-state index in [0.29, 0.717) is 18.7 Å². The van der Waals surface area contributed by atoms with Crippen LogP contribution in [-0.2, 0) is 6.54 Å². The van der Waals surface area contributed by atoms with Crippen LogP contribution in [0.15, 0.2) is 36.7 Å². The van der Waals surface area contributed by atoms with Crippen molar-refractivity contribution >= 4 is 11.6 Å². The molecule has 0 saturated carbocycles. The lowest BCUT2D eigenvalue weighted by Crippen LogP contribution is -2.28. The van der Waals surface area contributed by atoms with E-state index >= 15 is 0 Å². The maximum absolute atomic E-state index is 12.3. The normalized spacial score (nSPS) is 10.4. The molecule has 112 valence electrons. The van der Waals surface area contributed by atoms with Crippen LogP contribution in [0.5, 0.6) is 0 Å². The number of nitrogens with one attached hydrogen (secondary N) is 2. The molecule has 0 aliphatic heterocycles. The lowest BCUT2D eigenvalue weighted by Gasteiger charge is -2.12. The monoisotopic (exact) mass is 286 g/mol. The lowest BCUT2D eigenvalue weighted by atomic mass is 10.1. The van der Waals surface area contributed by atoms with Gasteiger partial charge in [0.25, 0.3) is 5.91 Å². The van der Waals surface area contributed by atoms with E-state index in [0.717, 1.165) is 24.2 Å². The van der Waals surface area contributed by atoms with Crippen LogP contribution in [0.3, 0.4) is 0 Å². The third-order valence-electron chi connectivity index (χ3n) is 3.17. The molecule has 5 nitrogen and oxygen atoms in total. The largest absolute Gasteiger partial charge is 0.384 e. The molecule has 1 heterocycles. The molecule has 0 radical (unpaired) electrons. The zero-order valence-electron chi connectivity index (χ0n) is 12.6.